The Morgan fingerprint density at radius 3 is 2.33 bits per heavy atom. The molecule has 8 nitrogen and oxygen atoms in total. The van der Waals surface area contributed by atoms with Crippen molar-refractivity contribution in [3.63, 3.8) is 0 Å². The van der Waals surface area contributed by atoms with Crippen LogP contribution in [0.5, 0.6) is 0 Å². The van der Waals surface area contributed by atoms with Gasteiger partial charge in [-0.05, 0) is 0 Å². The molecule has 1 aliphatic rings. The quantitative estimate of drug-likeness (QED) is 0.252. The third-order valence-corrected chi connectivity index (χ3v) is 2.66. The molecular weight excluding hydrogens is 241 g/mol. The molecule has 1 saturated heterocycles. The number of carbonyl (C=O) groups is 3. The Bertz CT molecular complexity index is 390. The van der Waals surface area contributed by atoms with E-state index in [1.165, 1.54) is 0 Å². The molecule has 1 unspecified atom stereocenters. The zero-order valence-corrected chi connectivity index (χ0v) is 7.43. The monoisotopic (exact) mass is 247 g/mol. The topological polar surface area (TPSA) is 118 Å². The van der Waals surface area contributed by atoms with Gasteiger partial charge in [-0.2, -0.15) is 8.42 Å². The number of amides is 2. The number of hydroxylamine groups is 2. The molecule has 1 rings (SSSR count). The Labute approximate surface area is 107 Å². The van der Waals surface area contributed by atoms with Crippen LogP contribution in [0.2, 0.25) is 0 Å². The molecule has 2 amide bonds. The summed E-state index contributed by atoms with van der Waals surface area (Å²) in [6, 6.07) is 0. The van der Waals surface area contributed by atoms with E-state index in [0.717, 1.165) is 0 Å². The maximum absolute atomic E-state index is 11.0. The molecular formula is C5H6NNaO7S. The summed E-state index contributed by atoms with van der Waals surface area (Å²) in [4.78, 5) is 35.7. The summed E-state index contributed by atoms with van der Waals surface area (Å²) in [5.41, 5.74) is 0. The normalized spacial score (nSPS) is 21.1. The van der Waals surface area contributed by atoms with E-state index in [9.17, 15) is 22.8 Å². The van der Waals surface area contributed by atoms with Crippen LogP contribution >= 0.6 is 0 Å². The number of rotatable bonds is 3. The molecule has 0 aromatic heterocycles. The molecule has 15 heavy (non-hydrogen) atoms. The molecule has 1 N–H and O–H groups in total. The van der Waals surface area contributed by atoms with E-state index in [0.29, 0.717) is 0 Å². The number of carbonyl (C=O) groups excluding carboxylic acids is 3. The first-order chi connectivity index (χ1) is 6.38. The molecule has 0 aromatic rings. The van der Waals surface area contributed by atoms with Gasteiger partial charge in [0.05, 0.1) is 6.42 Å². The first-order valence-electron chi connectivity index (χ1n) is 3.31. The standard InChI is InChI=1S/C5H5NO7S.Na.H/c7-2-13-6-4(8)1-3(5(6)9)14(10,11)12;;/h2-3H,1H2,(H,10,11,12);;. The van der Waals surface area contributed by atoms with Crippen LogP contribution in [-0.2, 0) is 29.3 Å². The van der Waals surface area contributed by atoms with Crippen LogP contribution in [0.1, 0.15) is 6.42 Å². The Morgan fingerprint density at radius 2 is 2.00 bits per heavy atom. The summed E-state index contributed by atoms with van der Waals surface area (Å²) in [5.74, 6) is -2.27. The van der Waals surface area contributed by atoms with Gasteiger partial charge in [0.2, 0.25) is 0 Å². The second-order valence-electron chi connectivity index (χ2n) is 2.44. The molecule has 1 fully saturated rings. The summed E-state index contributed by atoms with van der Waals surface area (Å²) >= 11 is 0. The van der Waals surface area contributed by atoms with E-state index >= 15 is 0 Å². The average molecular weight is 247 g/mol. The van der Waals surface area contributed by atoms with E-state index in [2.05, 4.69) is 4.84 Å². The van der Waals surface area contributed by atoms with Gasteiger partial charge in [0.15, 0.2) is 5.25 Å². The van der Waals surface area contributed by atoms with Crippen molar-refractivity contribution in [2.75, 3.05) is 0 Å². The van der Waals surface area contributed by atoms with E-state index < -0.39 is 33.6 Å². The number of imide groups is 1. The molecule has 1 aliphatic heterocycles. The average Bonchev–Trinajstić information content (AvgIpc) is 2.31. The van der Waals surface area contributed by atoms with Crippen LogP contribution in [0, 0.1) is 0 Å². The fourth-order valence-corrected chi connectivity index (χ4v) is 1.67. The molecule has 1 heterocycles. The van der Waals surface area contributed by atoms with Crippen LogP contribution in [0.15, 0.2) is 0 Å². The van der Waals surface area contributed by atoms with Crippen molar-refractivity contribution in [3.05, 3.63) is 0 Å². The van der Waals surface area contributed by atoms with Crippen molar-refractivity contribution < 1.29 is 32.2 Å². The Balaban J connectivity index is 0.00000196. The van der Waals surface area contributed by atoms with Crippen molar-refractivity contribution in [2.45, 2.75) is 11.7 Å². The summed E-state index contributed by atoms with van der Waals surface area (Å²) in [7, 11) is -4.64. The predicted molar refractivity (Wildman–Crippen MR) is 46.1 cm³/mol. The van der Waals surface area contributed by atoms with E-state index in [-0.39, 0.29) is 41.1 Å². The molecule has 0 aliphatic carbocycles. The SMILES string of the molecule is O=CON1C(=O)CC(S(=O)(=O)O)C1=O.[NaH]. The minimum absolute atomic E-state index is 0. The van der Waals surface area contributed by atoms with E-state index in [1.54, 1.807) is 0 Å². The fourth-order valence-electron chi connectivity index (χ4n) is 0.969. The Hall–Kier alpha value is -0.480. The van der Waals surface area contributed by atoms with Crippen molar-refractivity contribution in [2.24, 2.45) is 0 Å². The second-order valence-corrected chi connectivity index (χ2v) is 4.03. The molecule has 0 bridgehead atoms. The molecule has 0 aromatic carbocycles. The van der Waals surface area contributed by atoms with Gasteiger partial charge in [-0.1, -0.05) is 0 Å². The van der Waals surface area contributed by atoms with Gasteiger partial charge in [0.1, 0.15) is 0 Å². The van der Waals surface area contributed by atoms with Crippen LogP contribution in [0.3, 0.4) is 0 Å². The summed E-state index contributed by atoms with van der Waals surface area (Å²) in [6.45, 7) is -0.192. The Kier molecular flexibility index (Phi) is 4.87. The molecule has 80 valence electrons. The number of hydrogen-bond acceptors (Lipinski definition) is 6. The van der Waals surface area contributed by atoms with Crippen molar-refractivity contribution in [3.8, 4) is 0 Å². The molecule has 1 atom stereocenters. The van der Waals surface area contributed by atoms with Gasteiger partial charge >= 0.3 is 36.0 Å². The van der Waals surface area contributed by atoms with Gasteiger partial charge in [-0.3, -0.25) is 18.9 Å². The molecule has 0 radical (unpaired) electrons. The second kappa shape index (κ2) is 5.03. The minimum atomic E-state index is -4.64. The van der Waals surface area contributed by atoms with Gasteiger partial charge in [-0.15, -0.1) is 5.06 Å². The third-order valence-electron chi connectivity index (χ3n) is 1.57. The summed E-state index contributed by atoms with van der Waals surface area (Å²) in [5, 5.41) is -1.87. The molecule has 10 heteroatoms. The maximum atomic E-state index is 11.0. The van der Waals surface area contributed by atoms with Gasteiger partial charge in [-0.25, -0.2) is 0 Å². The van der Waals surface area contributed by atoms with Crippen LogP contribution in [0.4, 0.5) is 0 Å². The van der Waals surface area contributed by atoms with Crippen LogP contribution < -0.4 is 0 Å². The summed E-state index contributed by atoms with van der Waals surface area (Å²) in [6.07, 6.45) is -0.731. The van der Waals surface area contributed by atoms with Gasteiger partial charge in [0, 0.05) is 0 Å². The summed E-state index contributed by atoms with van der Waals surface area (Å²) < 4.78 is 29.6. The van der Waals surface area contributed by atoms with Gasteiger partial charge in [0.25, 0.3) is 21.9 Å². The zero-order chi connectivity index (χ0) is 10.9. The van der Waals surface area contributed by atoms with Crippen molar-refractivity contribution in [1.29, 1.82) is 0 Å². The van der Waals surface area contributed by atoms with Crippen LogP contribution in [-0.4, -0.2) is 71.1 Å². The zero-order valence-electron chi connectivity index (χ0n) is 6.61. The van der Waals surface area contributed by atoms with E-state index in [4.69, 9.17) is 4.55 Å². The first-order valence-corrected chi connectivity index (χ1v) is 4.81. The fraction of sp³-hybridized carbons (Fsp3) is 0.400. The number of hydrogen-bond donors (Lipinski definition) is 1. The van der Waals surface area contributed by atoms with E-state index in [1.807, 2.05) is 0 Å². The predicted octanol–water partition coefficient (Wildman–Crippen LogP) is -2.56. The molecule has 0 spiro atoms. The first kappa shape index (κ1) is 14.5. The van der Waals surface area contributed by atoms with Gasteiger partial charge < -0.3 is 4.84 Å². The van der Waals surface area contributed by atoms with Crippen molar-refractivity contribution >= 4 is 58.0 Å². The number of nitrogens with zero attached hydrogens (tertiary/aromatic N) is 1. The molecule has 0 saturated carbocycles. The third kappa shape index (κ3) is 2.98. The van der Waals surface area contributed by atoms with Crippen molar-refractivity contribution in [1.82, 2.24) is 5.06 Å². The van der Waals surface area contributed by atoms with Crippen LogP contribution in [0.25, 0.3) is 0 Å². The Morgan fingerprint density at radius 1 is 1.47 bits per heavy atom.